The third-order valence-corrected chi connectivity index (χ3v) is 3.64. The molecule has 0 fully saturated rings. The summed E-state index contributed by atoms with van der Waals surface area (Å²) in [7, 11) is 1.28. The quantitative estimate of drug-likeness (QED) is 0.592. The number of methoxy groups -OCH3 is 1. The Morgan fingerprint density at radius 3 is 2.52 bits per heavy atom. The molecule has 0 aliphatic rings. The minimum absolute atomic E-state index is 0.0393. The predicted molar refractivity (Wildman–Crippen MR) is 91.4 cm³/mol. The summed E-state index contributed by atoms with van der Waals surface area (Å²) < 4.78 is 10.0. The van der Waals surface area contributed by atoms with Gasteiger partial charge in [-0.3, -0.25) is 4.79 Å². The first-order valence-corrected chi connectivity index (χ1v) is 7.85. The number of phenolic OH excluding ortho intramolecular Hbond substituents is 2. The average Bonchev–Trinajstić information content (AvgIpc) is 2.61. The Hall–Kier alpha value is -3.02. The summed E-state index contributed by atoms with van der Waals surface area (Å²) >= 11 is 0. The third kappa shape index (κ3) is 4.50. The molecule has 2 aromatic rings. The SMILES string of the molecule is CCCc1cc(C(=O)COc2cccc(C(=O)OC)c2)c(O)cc1O. The number of ether oxygens (including phenoxy) is 2. The first-order valence-electron chi connectivity index (χ1n) is 7.85. The Kier molecular flexibility index (Phi) is 6.00. The third-order valence-electron chi connectivity index (χ3n) is 3.64. The van der Waals surface area contributed by atoms with E-state index in [1.807, 2.05) is 6.92 Å². The molecule has 0 amide bonds. The maximum Gasteiger partial charge on any atom is 0.337 e. The van der Waals surface area contributed by atoms with Crippen molar-refractivity contribution < 1.29 is 29.3 Å². The molecule has 0 saturated heterocycles. The lowest BCUT2D eigenvalue weighted by molar-refractivity contribution is 0.0600. The van der Waals surface area contributed by atoms with Crippen molar-refractivity contribution >= 4 is 11.8 Å². The number of carbonyl (C=O) groups is 2. The van der Waals surface area contributed by atoms with Gasteiger partial charge in [0.1, 0.15) is 17.2 Å². The van der Waals surface area contributed by atoms with Crippen molar-refractivity contribution in [2.75, 3.05) is 13.7 Å². The summed E-state index contributed by atoms with van der Waals surface area (Å²) in [6, 6.07) is 8.91. The van der Waals surface area contributed by atoms with Gasteiger partial charge < -0.3 is 19.7 Å². The van der Waals surface area contributed by atoms with E-state index in [0.717, 1.165) is 12.5 Å². The highest BCUT2D eigenvalue weighted by Gasteiger charge is 2.16. The Morgan fingerprint density at radius 2 is 1.84 bits per heavy atom. The highest BCUT2D eigenvalue weighted by Crippen LogP contribution is 2.29. The first kappa shape index (κ1) is 18.3. The zero-order valence-electron chi connectivity index (χ0n) is 14.1. The lowest BCUT2D eigenvalue weighted by atomic mass is 10.0. The second kappa shape index (κ2) is 8.19. The lowest BCUT2D eigenvalue weighted by Crippen LogP contribution is -2.12. The van der Waals surface area contributed by atoms with Gasteiger partial charge in [0.2, 0.25) is 5.78 Å². The van der Waals surface area contributed by atoms with Gasteiger partial charge in [0.25, 0.3) is 0 Å². The van der Waals surface area contributed by atoms with E-state index < -0.39 is 11.8 Å². The fourth-order valence-corrected chi connectivity index (χ4v) is 2.37. The zero-order valence-corrected chi connectivity index (χ0v) is 14.1. The Balaban J connectivity index is 2.13. The number of aryl methyl sites for hydroxylation is 1. The van der Waals surface area contributed by atoms with Crippen molar-refractivity contribution in [3.63, 3.8) is 0 Å². The zero-order chi connectivity index (χ0) is 18.4. The van der Waals surface area contributed by atoms with Crippen LogP contribution < -0.4 is 4.74 Å². The van der Waals surface area contributed by atoms with E-state index in [1.165, 1.54) is 19.2 Å². The van der Waals surface area contributed by atoms with E-state index in [0.29, 0.717) is 23.3 Å². The molecule has 0 atom stereocenters. The molecule has 0 spiro atoms. The van der Waals surface area contributed by atoms with Crippen LogP contribution in [0.25, 0.3) is 0 Å². The fraction of sp³-hybridized carbons (Fsp3) is 0.263. The van der Waals surface area contributed by atoms with Crippen molar-refractivity contribution in [1.29, 1.82) is 0 Å². The minimum Gasteiger partial charge on any atom is -0.508 e. The molecule has 0 unspecified atom stereocenters. The van der Waals surface area contributed by atoms with E-state index in [-0.39, 0.29) is 23.7 Å². The molecule has 0 aliphatic heterocycles. The number of hydrogen-bond acceptors (Lipinski definition) is 6. The van der Waals surface area contributed by atoms with Crippen molar-refractivity contribution in [2.24, 2.45) is 0 Å². The van der Waals surface area contributed by atoms with Crippen LogP contribution in [0.2, 0.25) is 0 Å². The van der Waals surface area contributed by atoms with Crippen LogP contribution in [0.1, 0.15) is 39.6 Å². The number of ketones is 1. The minimum atomic E-state index is -0.503. The molecular weight excluding hydrogens is 324 g/mol. The largest absolute Gasteiger partial charge is 0.508 e. The van der Waals surface area contributed by atoms with Gasteiger partial charge in [-0.2, -0.15) is 0 Å². The molecule has 0 heterocycles. The van der Waals surface area contributed by atoms with E-state index in [2.05, 4.69) is 4.74 Å². The van der Waals surface area contributed by atoms with E-state index in [1.54, 1.807) is 18.2 Å². The second-order valence-corrected chi connectivity index (χ2v) is 5.48. The average molecular weight is 344 g/mol. The maximum atomic E-state index is 12.3. The number of benzene rings is 2. The van der Waals surface area contributed by atoms with Crippen LogP contribution in [0.5, 0.6) is 17.2 Å². The summed E-state index contributed by atoms with van der Waals surface area (Å²) in [6.07, 6.45) is 1.39. The smallest absolute Gasteiger partial charge is 0.337 e. The molecule has 2 rings (SSSR count). The molecule has 0 saturated carbocycles. The molecule has 0 radical (unpaired) electrons. The Morgan fingerprint density at radius 1 is 1.08 bits per heavy atom. The summed E-state index contributed by atoms with van der Waals surface area (Å²) in [4.78, 5) is 23.8. The highest BCUT2D eigenvalue weighted by molar-refractivity contribution is 6.00. The Bertz CT molecular complexity index is 781. The van der Waals surface area contributed by atoms with E-state index in [9.17, 15) is 19.8 Å². The number of hydrogen-bond donors (Lipinski definition) is 2. The van der Waals surface area contributed by atoms with E-state index in [4.69, 9.17) is 4.74 Å². The molecule has 6 nitrogen and oxygen atoms in total. The molecule has 25 heavy (non-hydrogen) atoms. The van der Waals surface area contributed by atoms with Crippen molar-refractivity contribution in [1.82, 2.24) is 0 Å². The molecule has 6 heteroatoms. The van der Waals surface area contributed by atoms with Gasteiger partial charge in [0.15, 0.2) is 6.61 Å². The molecule has 0 bridgehead atoms. The van der Waals surface area contributed by atoms with Crippen molar-refractivity contribution in [3.05, 3.63) is 53.1 Å². The molecule has 0 aromatic heterocycles. The number of Topliss-reactive ketones (excluding diaryl/α,β-unsaturated/α-hetero) is 1. The van der Waals surface area contributed by atoms with Gasteiger partial charge >= 0.3 is 5.97 Å². The standard InChI is InChI=1S/C19H20O6/c1-3-5-12-9-15(17(21)10-16(12)20)18(22)11-25-14-7-4-6-13(8-14)19(23)24-2/h4,6-10,20-21H,3,5,11H2,1-2H3. The normalized spacial score (nSPS) is 10.3. The van der Waals surface area contributed by atoms with Gasteiger partial charge in [-0.05, 0) is 36.2 Å². The first-order chi connectivity index (χ1) is 12.0. The number of aromatic hydroxyl groups is 2. The summed E-state index contributed by atoms with van der Waals surface area (Å²) in [5.41, 5.74) is 0.992. The predicted octanol–water partition coefficient (Wildman–Crippen LogP) is 3.10. The van der Waals surface area contributed by atoms with E-state index >= 15 is 0 Å². The highest BCUT2D eigenvalue weighted by atomic mass is 16.5. The van der Waals surface area contributed by atoms with Gasteiger partial charge in [0, 0.05) is 6.07 Å². The number of esters is 1. The van der Waals surface area contributed by atoms with Crippen molar-refractivity contribution in [3.8, 4) is 17.2 Å². The number of phenols is 2. The van der Waals surface area contributed by atoms with Crippen LogP contribution in [0, 0.1) is 0 Å². The molecule has 2 aromatic carbocycles. The molecular formula is C19H20O6. The molecule has 0 aliphatic carbocycles. The molecule has 132 valence electrons. The summed E-state index contributed by atoms with van der Waals surface area (Å²) in [5, 5.41) is 19.7. The monoisotopic (exact) mass is 344 g/mol. The van der Waals surface area contributed by atoms with Crippen LogP contribution in [0.4, 0.5) is 0 Å². The van der Waals surface area contributed by atoms with Crippen LogP contribution in [-0.2, 0) is 11.2 Å². The second-order valence-electron chi connectivity index (χ2n) is 5.48. The topological polar surface area (TPSA) is 93.1 Å². The maximum absolute atomic E-state index is 12.3. The van der Waals surface area contributed by atoms with Crippen LogP contribution in [-0.4, -0.2) is 35.7 Å². The fourth-order valence-electron chi connectivity index (χ4n) is 2.37. The van der Waals surface area contributed by atoms with Crippen molar-refractivity contribution in [2.45, 2.75) is 19.8 Å². The Labute approximate surface area is 145 Å². The van der Waals surface area contributed by atoms with Crippen LogP contribution in [0.15, 0.2) is 36.4 Å². The summed E-state index contributed by atoms with van der Waals surface area (Å²) in [5.74, 6) is -0.935. The van der Waals surface area contributed by atoms with Gasteiger partial charge in [0.05, 0.1) is 18.2 Å². The molecule has 2 N–H and O–H groups in total. The number of rotatable bonds is 7. The lowest BCUT2D eigenvalue weighted by Gasteiger charge is -2.10. The van der Waals surface area contributed by atoms with Gasteiger partial charge in [-0.1, -0.05) is 19.4 Å². The van der Waals surface area contributed by atoms with Crippen LogP contribution >= 0.6 is 0 Å². The van der Waals surface area contributed by atoms with Gasteiger partial charge in [-0.25, -0.2) is 4.79 Å². The summed E-state index contributed by atoms with van der Waals surface area (Å²) in [6.45, 7) is 1.64. The van der Waals surface area contributed by atoms with Gasteiger partial charge in [-0.15, -0.1) is 0 Å². The van der Waals surface area contributed by atoms with Crippen LogP contribution in [0.3, 0.4) is 0 Å². The number of carbonyl (C=O) groups excluding carboxylic acids is 2.